The molecule has 2 heterocycles. The second kappa shape index (κ2) is 6.09. The highest BCUT2D eigenvalue weighted by Gasteiger charge is 2.34. The number of likely N-dealkylation sites (tertiary alicyclic amines) is 1. The van der Waals surface area contributed by atoms with E-state index in [0.717, 1.165) is 45.4 Å². The molecule has 2 aliphatic heterocycles. The number of ether oxygens (including phenoxy) is 1. The Morgan fingerprint density at radius 3 is 2.53 bits per heavy atom. The van der Waals surface area contributed by atoms with Gasteiger partial charge in [0.2, 0.25) is 0 Å². The number of hydrogen-bond donors (Lipinski definition) is 2. The minimum atomic E-state index is -0.127. The van der Waals surface area contributed by atoms with Gasteiger partial charge in [0.15, 0.2) is 0 Å². The third-order valence-corrected chi connectivity index (χ3v) is 4.14. The first-order valence-electron chi connectivity index (χ1n) is 7.43. The number of nitrogens with one attached hydrogen (secondary N) is 2. The number of carbonyl (C=O) groups is 1. The lowest BCUT2D eigenvalue weighted by Crippen LogP contribution is -2.61. The smallest absolute Gasteiger partial charge is 0.317 e. The summed E-state index contributed by atoms with van der Waals surface area (Å²) in [5.41, 5.74) is -0.127. The Balaban J connectivity index is 1.66. The third-order valence-electron chi connectivity index (χ3n) is 4.14. The lowest BCUT2D eigenvalue weighted by Gasteiger charge is -2.42. The van der Waals surface area contributed by atoms with Crippen molar-refractivity contribution in [2.75, 3.05) is 26.2 Å². The van der Waals surface area contributed by atoms with Crippen LogP contribution in [0.25, 0.3) is 0 Å². The van der Waals surface area contributed by atoms with Crippen molar-refractivity contribution in [3.05, 3.63) is 0 Å². The van der Waals surface area contributed by atoms with Crippen LogP contribution in [-0.4, -0.2) is 54.9 Å². The van der Waals surface area contributed by atoms with Crippen LogP contribution in [-0.2, 0) is 4.74 Å². The van der Waals surface area contributed by atoms with Gasteiger partial charge in [0, 0.05) is 5.54 Å². The summed E-state index contributed by atoms with van der Waals surface area (Å²) in [6, 6.07) is 0.0389. The summed E-state index contributed by atoms with van der Waals surface area (Å²) in [4.78, 5) is 13.8. The Kier molecular flexibility index (Phi) is 4.68. The second-order valence-corrected chi connectivity index (χ2v) is 6.28. The molecule has 19 heavy (non-hydrogen) atoms. The fourth-order valence-electron chi connectivity index (χ4n) is 2.35. The quantitative estimate of drug-likeness (QED) is 0.810. The Morgan fingerprint density at radius 1 is 1.32 bits per heavy atom. The number of amides is 2. The number of rotatable bonds is 4. The lowest BCUT2D eigenvalue weighted by atomic mass is 10.0. The number of nitrogens with zero attached hydrogens (tertiary/aromatic N) is 1. The van der Waals surface area contributed by atoms with Gasteiger partial charge in [-0.3, -0.25) is 0 Å². The van der Waals surface area contributed by atoms with Crippen LogP contribution in [0.5, 0.6) is 0 Å². The van der Waals surface area contributed by atoms with Crippen LogP contribution >= 0.6 is 0 Å². The Hall–Kier alpha value is -0.810. The van der Waals surface area contributed by atoms with Crippen molar-refractivity contribution in [2.24, 2.45) is 0 Å². The molecule has 0 saturated carbocycles. The van der Waals surface area contributed by atoms with Gasteiger partial charge in [0.05, 0.1) is 25.3 Å². The Bertz CT molecular complexity index is 308. The average Bonchev–Trinajstić information content (AvgIpc) is 2.34. The normalized spacial score (nSPS) is 22.2. The highest BCUT2D eigenvalue weighted by molar-refractivity contribution is 5.76. The number of piperidine rings is 1. The van der Waals surface area contributed by atoms with E-state index in [1.54, 1.807) is 0 Å². The van der Waals surface area contributed by atoms with Crippen molar-refractivity contribution in [3.8, 4) is 0 Å². The maximum Gasteiger partial charge on any atom is 0.317 e. The molecular weight excluding hydrogens is 242 g/mol. The van der Waals surface area contributed by atoms with Crippen molar-refractivity contribution >= 4 is 6.03 Å². The summed E-state index contributed by atoms with van der Waals surface area (Å²) in [7, 11) is 0. The number of carbonyl (C=O) groups excluding carboxylic acids is 1. The van der Waals surface area contributed by atoms with Crippen LogP contribution in [0.1, 0.15) is 40.0 Å². The van der Waals surface area contributed by atoms with Gasteiger partial charge in [0.25, 0.3) is 0 Å². The standard InChI is InChI=1S/C14H27N3O2/c1-4-14(2,3)16-13(18)17-9-12(10-17)19-11-5-7-15-8-6-11/h11-12,15H,4-10H2,1-3H3,(H,16,18). The first-order valence-corrected chi connectivity index (χ1v) is 7.43. The fraction of sp³-hybridized carbons (Fsp3) is 0.929. The summed E-state index contributed by atoms with van der Waals surface area (Å²) in [6.07, 6.45) is 3.72. The van der Waals surface area contributed by atoms with Crippen LogP contribution in [0, 0.1) is 0 Å². The summed E-state index contributed by atoms with van der Waals surface area (Å²) in [6.45, 7) is 9.74. The zero-order chi connectivity index (χ0) is 13.9. The van der Waals surface area contributed by atoms with Crippen LogP contribution in [0.3, 0.4) is 0 Å². The Labute approximate surface area is 116 Å². The molecule has 5 nitrogen and oxygen atoms in total. The summed E-state index contributed by atoms with van der Waals surface area (Å²) in [5.74, 6) is 0. The van der Waals surface area contributed by atoms with Gasteiger partial charge in [0.1, 0.15) is 0 Å². The van der Waals surface area contributed by atoms with Crippen LogP contribution < -0.4 is 10.6 Å². The monoisotopic (exact) mass is 269 g/mol. The predicted octanol–water partition coefficient (Wildman–Crippen LogP) is 1.34. The first-order chi connectivity index (χ1) is 9.00. The fourth-order valence-corrected chi connectivity index (χ4v) is 2.35. The highest BCUT2D eigenvalue weighted by atomic mass is 16.5. The SMILES string of the molecule is CCC(C)(C)NC(=O)N1CC(OC2CCNCC2)C1. The Morgan fingerprint density at radius 2 is 1.95 bits per heavy atom. The summed E-state index contributed by atoms with van der Waals surface area (Å²) in [5, 5.41) is 6.38. The van der Waals surface area contributed by atoms with Gasteiger partial charge in [-0.15, -0.1) is 0 Å². The van der Waals surface area contributed by atoms with Crippen molar-refractivity contribution < 1.29 is 9.53 Å². The van der Waals surface area contributed by atoms with Gasteiger partial charge in [-0.05, 0) is 46.2 Å². The van der Waals surface area contributed by atoms with Crippen LogP contribution in [0.15, 0.2) is 0 Å². The predicted molar refractivity (Wildman–Crippen MR) is 75.2 cm³/mol. The van der Waals surface area contributed by atoms with Gasteiger partial charge < -0.3 is 20.3 Å². The molecular formula is C14H27N3O2. The van der Waals surface area contributed by atoms with Gasteiger partial charge in [-0.1, -0.05) is 6.92 Å². The summed E-state index contributed by atoms with van der Waals surface area (Å²) < 4.78 is 6.00. The molecule has 0 aromatic carbocycles. The molecule has 0 radical (unpaired) electrons. The van der Waals surface area contributed by atoms with Gasteiger partial charge in [-0.25, -0.2) is 4.79 Å². The largest absolute Gasteiger partial charge is 0.371 e. The van der Waals surface area contributed by atoms with Crippen LogP contribution in [0.2, 0.25) is 0 Å². The minimum absolute atomic E-state index is 0.0389. The molecule has 0 unspecified atom stereocenters. The zero-order valence-corrected chi connectivity index (χ0v) is 12.4. The molecule has 2 amide bonds. The molecule has 0 spiro atoms. The second-order valence-electron chi connectivity index (χ2n) is 6.28. The van der Waals surface area contributed by atoms with Gasteiger partial charge in [-0.2, -0.15) is 0 Å². The highest BCUT2D eigenvalue weighted by Crippen LogP contribution is 2.18. The molecule has 0 aliphatic carbocycles. The van der Waals surface area contributed by atoms with Crippen molar-refractivity contribution in [1.82, 2.24) is 15.5 Å². The average molecular weight is 269 g/mol. The van der Waals surface area contributed by atoms with Gasteiger partial charge >= 0.3 is 6.03 Å². The van der Waals surface area contributed by atoms with E-state index in [0.29, 0.717) is 6.10 Å². The zero-order valence-electron chi connectivity index (χ0n) is 12.4. The van der Waals surface area contributed by atoms with Crippen molar-refractivity contribution in [2.45, 2.75) is 57.8 Å². The van der Waals surface area contributed by atoms with Crippen molar-refractivity contribution in [3.63, 3.8) is 0 Å². The molecule has 0 aromatic heterocycles. The van der Waals surface area contributed by atoms with Crippen LogP contribution in [0.4, 0.5) is 4.79 Å². The topological polar surface area (TPSA) is 53.6 Å². The van der Waals surface area contributed by atoms with Crippen molar-refractivity contribution in [1.29, 1.82) is 0 Å². The van der Waals surface area contributed by atoms with E-state index in [-0.39, 0.29) is 17.7 Å². The maximum absolute atomic E-state index is 12.0. The van der Waals surface area contributed by atoms with E-state index < -0.39 is 0 Å². The molecule has 0 atom stereocenters. The molecule has 2 rings (SSSR count). The molecule has 2 N–H and O–H groups in total. The van der Waals surface area contributed by atoms with E-state index in [1.807, 2.05) is 18.7 Å². The van der Waals surface area contributed by atoms with E-state index in [1.165, 1.54) is 0 Å². The molecule has 2 saturated heterocycles. The molecule has 0 aromatic rings. The molecule has 0 bridgehead atoms. The van der Waals surface area contributed by atoms with E-state index in [2.05, 4.69) is 17.6 Å². The molecule has 2 aliphatic rings. The first kappa shape index (κ1) is 14.6. The molecule has 110 valence electrons. The molecule has 2 fully saturated rings. The van der Waals surface area contributed by atoms with E-state index in [9.17, 15) is 4.79 Å². The summed E-state index contributed by atoms with van der Waals surface area (Å²) >= 11 is 0. The van der Waals surface area contributed by atoms with E-state index in [4.69, 9.17) is 4.74 Å². The minimum Gasteiger partial charge on any atom is -0.371 e. The van der Waals surface area contributed by atoms with E-state index >= 15 is 0 Å². The maximum atomic E-state index is 12.0. The number of urea groups is 1. The lowest BCUT2D eigenvalue weighted by molar-refractivity contribution is -0.0857. The molecule has 5 heteroatoms. The number of hydrogen-bond acceptors (Lipinski definition) is 3. The third kappa shape index (κ3) is 4.08.